The van der Waals surface area contributed by atoms with E-state index in [-0.39, 0.29) is 11.7 Å². The Morgan fingerprint density at radius 2 is 1.86 bits per heavy atom. The predicted octanol–water partition coefficient (Wildman–Crippen LogP) is 3.05. The summed E-state index contributed by atoms with van der Waals surface area (Å²) < 4.78 is 0. The second-order valence-electron chi connectivity index (χ2n) is 7.66. The van der Waals surface area contributed by atoms with Gasteiger partial charge in [-0.25, -0.2) is 9.98 Å². The summed E-state index contributed by atoms with van der Waals surface area (Å²) in [6.07, 6.45) is 5.12. The molecule has 1 saturated carbocycles. The Morgan fingerprint density at radius 3 is 2.66 bits per heavy atom. The number of phenolic OH excluding ortho intramolecular Hbond substituents is 1. The maximum Gasteiger partial charge on any atom is 0.220 e. The van der Waals surface area contributed by atoms with Crippen LogP contribution in [0.15, 0.2) is 52.4 Å². The van der Waals surface area contributed by atoms with E-state index in [0.29, 0.717) is 11.8 Å². The Hall–Kier alpha value is -3.55. The van der Waals surface area contributed by atoms with Crippen LogP contribution in [0.5, 0.6) is 5.75 Å². The van der Waals surface area contributed by atoms with Gasteiger partial charge in [-0.2, -0.15) is 4.99 Å². The molecule has 8 nitrogen and oxygen atoms in total. The first-order valence-electron chi connectivity index (χ1n) is 9.83. The van der Waals surface area contributed by atoms with Gasteiger partial charge < -0.3 is 21.6 Å². The molecule has 1 aliphatic carbocycles. The molecule has 0 radical (unpaired) electrons. The summed E-state index contributed by atoms with van der Waals surface area (Å²) in [7, 11) is 0. The highest BCUT2D eigenvalue weighted by Crippen LogP contribution is 2.40. The molecular weight excluding hydrogens is 366 g/mol. The lowest BCUT2D eigenvalue weighted by Crippen LogP contribution is -2.58. The molecule has 29 heavy (non-hydrogen) atoms. The lowest BCUT2D eigenvalue weighted by molar-refractivity contribution is 0.305. The molecule has 0 bridgehead atoms. The number of nitrogens with zero attached hydrogens (tertiary/aromatic N) is 4. The summed E-state index contributed by atoms with van der Waals surface area (Å²) in [5.74, 6) is 1.51. The maximum atomic E-state index is 9.76. The molecule has 0 amide bonds. The molecule has 2 aliphatic rings. The van der Waals surface area contributed by atoms with Gasteiger partial charge >= 0.3 is 0 Å². The molecule has 0 saturated heterocycles. The molecule has 1 aromatic heterocycles. The third-order valence-electron chi connectivity index (χ3n) is 5.69. The van der Waals surface area contributed by atoms with Gasteiger partial charge in [-0.05, 0) is 56.0 Å². The molecular formula is C21H23N7O. The number of hydrogen-bond acceptors (Lipinski definition) is 7. The van der Waals surface area contributed by atoms with Crippen LogP contribution in [-0.2, 0) is 0 Å². The predicted molar refractivity (Wildman–Crippen MR) is 115 cm³/mol. The third kappa shape index (κ3) is 2.97. The van der Waals surface area contributed by atoms with Gasteiger partial charge in [0.2, 0.25) is 11.9 Å². The maximum absolute atomic E-state index is 9.76. The lowest BCUT2D eigenvalue weighted by atomic mass is 9.87. The third-order valence-corrected chi connectivity index (χ3v) is 5.69. The Kier molecular flexibility index (Phi) is 3.94. The van der Waals surface area contributed by atoms with E-state index in [9.17, 15) is 5.11 Å². The summed E-state index contributed by atoms with van der Waals surface area (Å²) in [5.41, 5.74) is 15.2. The summed E-state index contributed by atoms with van der Waals surface area (Å²) in [5, 5.41) is 9.76. The number of fused-ring (bicyclic) bond motifs is 1. The number of anilines is 1. The Balaban J connectivity index is 1.58. The van der Waals surface area contributed by atoms with Gasteiger partial charge in [0.25, 0.3) is 0 Å². The number of imidazole rings is 1. The summed E-state index contributed by atoms with van der Waals surface area (Å²) in [6, 6.07) is 13.0. The monoisotopic (exact) mass is 389 g/mol. The fourth-order valence-electron chi connectivity index (χ4n) is 4.42. The van der Waals surface area contributed by atoms with Crippen LogP contribution in [0, 0.1) is 0 Å². The second-order valence-corrected chi connectivity index (χ2v) is 7.66. The first-order valence-corrected chi connectivity index (χ1v) is 9.83. The number of aromatic hydroxyl groups is 1. The minimum absolute atomic E-state index is 0.204. The number of aliphatic imine (C=N–C) groups is 2. The highest BCUT2D eigenvalue weighted by molar-refractivity contribution is 6.06. The van der Waals surface area contributed by atoms with E-state index < -0.39 is 5.66 Å². The number of rotatable bonds is 2. The van der Waals surface area contributed by atoms with Crippen molar-refractivity contribution in [2.45, 2.75) is 37.8 Å². The van der Waals surface area contributed by atoms with E-state index >= 15 is 0 Å². The fraction of sp³-hybridized carbons (Fsp3) is 0.286. The van der Waals surface area contributed by atoms with Gasteiger partial charge in [-0.1, -0.05) is 18.6 Å². The van der Waals surface area contributed by atoms with E-state index in [4.69, 9.17) is 16.5 Å². The topological polar surface area (TPSA) is 129 Å². The molecule has 8 heteroatoms. The first-order chi connectivity index (χ1) is 14.0. The second kappa shape index (κ2) is 6.51. The van der Waals surface area contributed by atoms with E-state index in [0.717, 1.165) is 48.0 Å². The minimum Gasteiger partial charge on any atom is -0.508 e. The van der Waals surface area contributed by atoms with Crippen LogP contribution in [-0.4, -0.2) is 32.7 Å². The summed E-state index contributed by atoms with van der Waals surface area (Å²) in [4.78, 5) is 19.0. The van der Waals surface area contributed by atoms with E-state index in [1.165, 1.54) is 6.42 Å². The van der Waals surface area contributed by atoms with Crippen molar-refractivity contribution in [3.05, 3.63) is 42.5 Å². The standard InChI is InChI=1S/C21H23N7O/c22-19-26-20(23)28(21(27-19)9-2-1-3-10-21)14-7-8-16-17(12-14)25-18(24-16)13-5-4-6-15(29)11-13/h4-8,11-12,29H,1-3,9-10H2,(H,24,25)(H4,22,23,26,27). The molecule has 5 rings (SSSR count). The number of benzene rings is 2. The van der Waals surface area contributed by atoms with Crippen molar-refractivity contribution in [1.29, 1.82) is 0 Å². The molecule has 0 unspecified atom stereocenters. The molecule has 3 aromatic rings. The zero-order chi connectivity index (χ0) is 20.0. The number of nitrogens with two attached hydrogens (primary N) is 2. The van der Waals surface area contributed by atoms with Crippen LogP contribution in [0.2, 0.25) is 0 Å². The van der Waals surface area contributed by atoms with Gasteiger partial charge in [0.15, 0.2) is 0 Å². The van der Waals surface area contributed by atoms with Crippen molar-refractivity contribution in [2.75, 3.05) is 4.90 Å². The van der Waals surface area contributed by atoms with E-state index in [1.807, 2.05) is 29.2 Å². The largest absolute Gasteiger partial charge is 0.508 e. The Morgan fingerprint density at radius 1 is 1.03 bits per heavy atom. The highest BCUT2D eigenvalue weighted by atomic mass is 16.3. The smallest absolute Gasteiger partial charge is 0.220 e. The Labute approximate surface area is 168 Å². The molecule has 1 spiro atoms. The quantitative estimate of drug-likeness (QED) is 0.535. The van der Waals surface area contributed by atoms with Gasteiger partial charge in [-0.3, -0.25) is 4.90 Å². The fourth-order valence-corrected chi connectivity index (χ4v) is 4.42. The average molecular weight is 389 g/mol. The van der Waals surface area contributed by atoms with Gasteiger partial charge in [0, 0.05) is 11.3 Å². The number of hydrogen-bond donors (Lipinski definition) is 4. The molecule has 2 aromatic carbocycles. The normalized spacial score (nSPS) is 18.7. The van der Waals surface area contributed by atoms with Crippen molar-refractivity contribution in [3.63, 3.8) is 0 Å². The molecule has 6 N–H and O–H groups in total. The molecule has 1 fully saturated rings. The number of aromatic amines is 1. The van der Waals surface area contributed by atoms with Crippen molar-refractivity contribution in [1.82, 2.24) is 9.97 Å². The minimum atomic E-state index is -0.476. The average Bonchev–Trinajstić information content (AvgIpc) is 3.11. The molecule has 148 valence electrons. The number of nitrogens with one attached hydrogen (secondary N) is 1. The van der Waals surface area contributed by atoms with Crippen molar-refractivity contribution >= 4 is 28.6 Å². The summed E-state index contributed by atoms with van der Waals surface area (Å²) in [6.45, 7) is 0. The van der Waals surface area contributed by atoms with Crippen LogP contribution in [0.25, 0.3) is 22.4 Å². The van der Waals surface area contributed by atoms with Crippen LogP contribution < -0.4 is 16.4 Å². The van der Waals surface area contributed by atoms with Gasteiger partial charge in [0.05, 0.1) is 11.0 Å². The SMILES string of the molecule is NC1=NC2(CCCCC2)N(c2ccc3nc(-c4cccc(O)c4)[nH]c3c2)C(N)=N1. The lowest BCUT2D eigenvalue weighted by Gasteiger charge is -2.45. The molecule has 0 atom stereocenters. The van der Waals surface area contributed by atoms with Crippen LogP contribution in [0.1, 0.15) is 32.1 Å². The van der Waals surface area contributed by atoms with Crippen molar-refractivity contribution < 1.29 is 5.11 Å². The molecule has 1 aliphatic heterocycles. The van der Waals surface area contributed by atoms with E-state index in [1.54, 1.807) is 18.2 Å². The molecule has 2 heterocycles. The number of H-pyrrole nitrogens is 1. The van der Waals surface area contributed by atoms with E-state index in [2.05, 4.69) is 15.0 Å². The first kappa shape index (κ1) is 17.5. The van der Waals surface area contributed by atoms with Crippen molar-refractivity contribution in [3.8, 4) is 17.1 Å². The number of aromatic nitrogens is 2. The number of guanidine groups is 2. The zero-order valence-electron chi connectivity index (χ0n) is 16.0. The highest BCUT2D eigenvalue weighted by Gasteiger charge is 2.42. The summed E-state index contributed by atoms with van der Waals surface area (Å²) >= 11 is 0. The zero-order valence-corrected chi connectivity index (χ0v) is 16.0. The number of phenols is 1. The van der Waals surface area contributed by atoms with Crippen LogP contribution in [0.3, 0.4) is 0 Å². The van der Waals surface area contributed by atoms with Gasteiger partial charge in [-0.15, -0.1) is 0 Å². The van der Waals surface area contributed by atoms with Crippen LogP contribution >= 0.6 is 0 Å². The van der Waals surface area contributed by atoms with Crippen LogP contribution in [0.4, 0.5) is 5.69 Å². The van der Waals surface area contributed by atoms with Gasteiger partial charge in [0.1, 0.15) is 17.2 Å². The Bertz CT molecular complexity index is 1140. The van der Waals surface area contributed by atoms with Crippen molar-refractivity contribution in [2.24, 2.45) is 21.5 Å².